The Balaban J connectivity index is 1.16. The van der Waals surface area contributed by atoms with E-state index in [0.29, 0.717) is 35.5 Å². The molecule has 0 bridgehead atoms. The molecule has 214 valence electrons. The van der Waals surface area contributed by atoms with Crippen LogP contribution in [0.5, 0.6) is 0 Å². The van der Waals surface area contributed by atoms with Crippen molar-refractivity contribution in [3.63, 3.8) is 0 Å². The van der Waals surface area contributed by atoms with Crippen molar-refractivity contribution >= 4 is 80.4 Å². The Bertz CT molecular complexity index is 1710. The Morgan fingerprint density at radius 2 is 1.76 bits per heavy atom. The van der Waals surface area contributed by atoms with Crippen molar-refractivity contribution in [3.8, 4) is 0 Å². The summed E-state index contributed by atoms with van der Waals surface area (Å²) < 4.78 is 7.43. The number of para-hydroxylation sites is 1. The van der Waals surface area contributed by atoms with Gasteiger partial charge in [0, 0.05) is 63.7 Å². The van der Waals surface area contributed by atoms with Gasteiger partial charge in [-0.2, -0.15) is 0 Å². The molecule has 2 fully saturated rings. The maximum absolute atomic E-state index is 13.2. The molecule has 2 saturated heterocycles. The molecule has 1 aromatic heterocycles. The van der Waals surface area contributed by atoms with E-state index in [2.05, 4.69) is 10.2 Å². The van der Waals surface area contributed by atoms with Gasteiger partial charge in [-0.15, -0.1) is 0 Å². The highest BCUT2D eigenvalue weighted by molar-refractivity contribution is 8.18. The van der Waals surface area contributed by atoms with Crippen LogP contribution in [0.1, 0.15) is 11.1 Å². The molecular weight excluding hydrogens is 595 g/mol. The Hall–Kier alpha value is -3.76. The monoisotopic (exact) mass is 620 g/mol. The third-order valence-electron chi connectivity index (χ3n) is 7.16. The molecule has 0 saturated carbocycles. The van der Waals surface area contributed by atoms with Crippen LogP contribution < -0.4 is 10.2 Å². The van der Waals surface area contributed by atoms with Gasteiger partial charge in [0.15, 0.2) is 0 Å². The van der Waals surface area contributed by atoms with Crippen molar-refractivity contribution < 1.29 is 19.1 Å². The number of anilines is 2. The number of nitrogens with zero attached hydrogens (tertiary/aromatic N) is 3. The van der Waals surface area contributed by atoms with E-state index in [4.69, 9.17) is 27.9 Å². The second-order valence-electron chi connectivity index (χ2n) is 9.93. The predicted octanol–water partition coefficient (Wildman–Crippen LogP) is 6.51. The molecule has 0 spiro atoms. The Kier molecular flexibility index (Phi) is 8.26. The Morgan fingerprint density at radius 3 is 2.52 bits per heavy atom. The van der Waals surface area contributed by atoms with E-state index in [1.54, 1.807) is 18.2 Å². The zero-order valence-corrected chi connectivity index (χ0v) is 24.7. The van der Waals surface area contributed by atoms with Gasteiger partial charge in [-0.1, -0.05) is 47.5 Å². The number of nitrogens with one attached hydrogen (secondary N) is 1. The summed E-state index contributed by atoms with van der Waals surface area (Å²) in [4.78, 5) is 42.2. The smallest absolute Gasteiger partial charge is 0.294 e. The maximum Gasteiger partial charge on any atom is 0.294 e. The summed E-state index contributed by atoms with van der Waals surface area (Å²) in [6, 6.07) is 20.7. The van der Waals surface area contributed by atoms with Crippen molar-refractivity contribution in [3.05, 3.63) is 99.0 Å². The zero-order valence-electron chi connectivity index (χ0n) is 22.4. The molecular formula is C31H26Cl2N4O4S. The number of ether oxygens (including phenoxy) is 1. The quantitative estimate of drug-likeness (QED) is 0.237. The molecule has 3 aromatic carbocycles. The lowest BCUT2D eigenvalue weighted by Gasteiger charge is -2.28. The fraction of sp³-hybridized carbons (Fsp3) is 0.194. The van der Waals surface area contributed by atoms with Gasteiger partial charge in [0.2, 0.25) is 5.91 Å². The summed E-state index contributed by atoms with van der Waals surface area (Å²) in [6.07, 6.45) is 3.63. The molecule has 2 aliphatic heterocycles. The highest BCUT2D eigenvalue weighted by atomic mass is 35.5. The molecule has 4 aromatic rings. The van der Waals surface area contributed by atoms with Crippen LogP contribution in [0.4, 0.5) is 16.2 Å². The number of carbonyl (C=O) groups is 3. The molecule has 1 N–H and O–H groups in total. The number of benzene rings is 3. The number of thioether (sulfide) groups is 1. The number of rotatable bonds is 7. The van der Waals surface area contributed by atoms with Crippen molar-refractivity contribution in [2.24, 2.45) is 0 Å². The number of hydrogen-bond donors (Lipinski definition) is 1. The van der Waals surface area contributed by atoms with Gasteiger partial charge in [-0.3, -0.25) is 19.3 Å². The van der Waals surface area contributed by atoms with Crippen LogP contribution in [-0.4, -0.2) is 59.4 Å². The van der Waals surface area contributed by atoms with Gasteiger partial charge in [-0.25, -0.2) is 0 Å². The Labute approximate surface area is 256 Å². The number of imide groups is 1. The fourth-order valence-electron chi connectivity index (χ4n) is 5.05. The first-order chi connectivity index (χ1) is 20.4. The molecule has 3 heterocycles. The Morgan fingerprint density at radius 1 is 1.00 bits per heavy atom. The van der Waals surface area contributed by atoms with E-state index in [1.807, 2.05) is 65.4 Å². The minimum atomic E-state index is -0.500. The molecule has 0 aliphatic carbocycles. The first-order valence-electron chi connectivity index (χ1n) is 13.4. The normalized spacial score (nSPS) is 16.6. The topological polar surface area (TPSA) is 83.9 Å². The van der Waals surface area contributed by atoms with E-state index in [-0.39, 0.29) is 11.4 Å². The molecule has 0 atom stereocenters. The lowest BCUT2D eigenvalue weighted by Crippen LogP contribution is -2.36. The van der Waals surface area contributed by atoms with Gasteiger partial charge in [0.1, 0.15) is 6.54 Å². The average Bonchev–Trinajstić information content (AvgIpc) is 3.47. The van der Waals surface area contributed by atoms with Crippen LogP contribution in [0.3, 0.4) is 0 Å². The molecule has 0 unspecified atom stereocenters. The number of hydrogen-bond acceptors (Lipinski definition) is 6. The molecule has 2 aliphatic rings. The largest absolute Gasteiger partial charge is 0.378 e. The van der Waals surface area contributed by atoms with Crippen LogP contribution in [-0.2, 0) is 20.9 Å². The first-order valence-corrected chi connectivity index (χ1v) is 14.9. The van der Waals surface area contributed by atoms with Crippen LogP contribution in [0.25, 0.3) is 17.0 Å². The van der Waals surface area contributed by atoms with E-state index in [1.165, 1.54) is 0 Å². The third-order valence-corrected chi connectivity index (χ3v) is 8.66. The predicted molar refractivity (Wildman–Crippen MR) is 168 cm³/mol. The van der Waals surface area contributed by atoms with Gasteiger partial charge < -0.3 is 19.5 Å². The molecule has 8 nitrogen and oxygen atoms in total. The van der Waals surface area contributed by atoms with Crippen LogP contribution in [0.15, 0.2) is 77.8 Å². The molecule has 42 heavy (non-hydrogen) atoms. The van der Waals surface area contributed by atoms with Crippen LogP contribution in [0, 0.1) is 0 Å². The summed E-state index contributed by atoms with van der Waals surface area (Å²) in [5.41, 5.74) is 4.27. The number of morpholine rings is 1. The molecule has 3 amide bonds. The number of fused-ring (bicyclic) bond motifs is 1. The second kappa shape index (κ2) is 12.2. The van der Waals surface area contributed by atoms with E-state index in [9.17, 15) is 14.4 Å². The minimum Gasteiger partial charge on any atom is -0.378 e. The highest BCUT2D eigenvalue weighted by Gasteiger charge is 2.36. The van der Waals surface area contributed by atoms with E-state index in [0.717, 1.165) is 57.5 Å². The summed E-state index contributed by atoms with van der Waals surface area (Å²) in [6.45, 7) is 3.13. The second-order valence-corrected chi connectivity index (χ2v) is 11.8. The summed E-state index contributed by atoms with van der Waals surface area (Å²) in [5.74, 6) is -0.950. The number of halogens is 2. The zero-order chi connectivity index (χ0) is 29.2. The standard InChI is InChI=1S/C31H26Cl2N4O4S/c32-22-6-5-20(26(33)16-22)17-36-18-21(25-3-1-2-4-27(25)36)15-28-30(39)37(31(40)42-28)19-29(38)34-23-7-9-24(10-8-23)35-11-13-41-14-12-35/h1-10,15-16,18H,11-14,17,19H2,(H,34,38)/b28-15+. The maximum atomic E-state index is 13.2. The van der Waals surface area contributed by atoms with E-state index < -0.39 is 17.1 Å². The number of aromatic nitrogens is 1. The molecule has 0 radical (unpaired) electrons. The molecule has 6 rings (SSSR count). The summed E-state index contributed by atoms with van der Waals surface area (Å²) in [7, 11) is 0. The first kappa shape index (κ1) is 28.4. The molecule has 11 heteroatoms. The lowest BCUT2D eigenvalue weighted by molar-refractivity contribution is -0.127. The average molecular weight is 622 g/mol. The number of amides is 3. The fourth-order valence-corrected chi connectivity index (χ4v) is 6.35. The summed E-state index contributed by atoms with van der Waals surface area (Å²) in [5, 5.41) is 4.35. The van der Waals surface area contributed by atoms with Crippen molar-refractivity contribution in [2.45, 2.75) is 6.54 Å². The lowest BCUT2D eigenvalue weighted by atomic mass is 10.1. The van der Waals surface area contributed by atoms with Gasteiger partial charge in [0.25, 0.3) is 11.1 Å². The summed E-state index contributed by atoms with van der Waals surface area (Å²) >= 11 is 13.3. The van der Waals surface area contributed by atoms with Gasteiger partial charge in [-0.05, 0) is 65.9 Å². The van der Waals surface area contributed by atoms with Crippen molar-refractivity contribution in [2.75, 3.05) is 43.1 Å². The third kappa shape index (κ3) is 6.05. The van der Waals surface area contributed by atoms with Crippen molar-refractivity contribution in [1.82, 2.24) is 9.47 Å². The minimum absolute atomic E-state index is 0.259. The van der Waals surface area contributed by atoms with Crippen molar-refractivity contribution in [1.29, 1.82) is 0 Å². The SMILES string of the molecule is O=C(CN1C(=O)S/C(=C/c2cn(Cc3ccc(Cl)cc3Cl)c3ccccc23)C1=O)Nc1ccc(N2CCOCC2)cc1. The number of carbonyl (C=O) groups excluding carboxylic acids is 3. The van der Waals surface area contributed by atoms with E-state index >= 15 is 0 Å². The van der Waals surface area contributed by atoms with Gasteiger partial charge >= 0.3 is 0 Å². The van der Waals surface area contributed by atoms with Gasteiger partial charge in [0.05, 0.1) is 18.1 Å². The van der Waals surface area contributed by atoms with Crippen LogP contribution in [0.2, 0.25) is 10.0 Å². The highest BCUT2D eigenvalue weighted by Crippen LogP contribution is 2.34. The van der Waals surface area contributed by atoms with Crippen LogP contribution >= 0.6 is 35.0 Å².